The summed E-state index contributed by atoms with van der Waals surface area (Å²) in [5, 5.41) is 3.56. The average molecular weight is 477 g/mol. The van der Waals surface area contributed by atoms with Gasteiger partial charge in [-0.15, -0.1) is 11.3 Å². The van der Waals surface area contributed by atoms with Crippen molar-refractivity contribution >= 4 is 49.0 Å². The smallest absolute Gasteiger partial charge is 0.348 e. The van der Waals surface area contributed by atoms with Crippen LogP contribution in [0.2, 0.25) is 0 Å². The lowest BCUT2D eigenvalue weighted by Crippen LogP contribution is -2.31. The van der Waals surface area contributed by atoms with Crippen LogP contribution in [0.3, 0.4) is 0 Å². The number of hydrogen-bond donors (Lipinski definition) is 2. The molecule has 0 fully saturated rings. The van der Waals surface area contributed by atoms with E-state index in [4.69, 9.17) is 9.47 Å². The summed E-state index contributed by atoms with van der Waals surface area (Å²) in [6.07, 6.45) is 0.682. The van der Waals surface area contributed by atoms with E-state index in [1.807, 2.05) is 13.0 Å². The third kappa shape index (κ3) is 5.84. The first-order chi connectivity index (χ1) is 15.2. The van der Waals surface area contributed by atoms with Crippen molar-refractivity contribution in [2.24, 2.45) is 0 Å². The molecule has 32 heavy (non-hydrogen) atoms. The van der Waals surface area contributed by atoms with Crippen LogP contribution >= 0.6 is 11.3 Å². The van der Waals surface area contributed by atoms with Crippen molar-refractivity contribution in [2.45, 2.75) is 31.2 Å². The summed E-state index contributed by atoms with van der Waals surface area (Å²) >= 11 is 1.31. The highest BCUT2D eigenvalue weighted by Crippen LogP contribution is 2.28. The summed E-state index contributed by atoms with van der Waals surface area (Å²) in [7, 11) is -2.27. The highest BCUT2D eigenvalue weighted by molar-refractivity contribution is 7.89. The molecule has 0 saturated heterocycles. The minimum atomic E-state index is -3.60. The Bertz CT molecular complexity index is 1220. The topological polar surface area (TPSA) is 111 Å². The molecule has 8 nitrogen and oxygen atoms in total. The van der Waals surface area contributed by atoms with Crippen molar-refractivity contribution in [1.29, 1.82) is 0 Å². The second-order valence-corrected chi connectivity index (χ2v) is 9.89. The number of hydrogen-bond acceptors (Lipinski definition) is 7. The number of fused-ring (bicyclic) bond motifs is 1. The Hall–Kier alpha value is -2.95. The molecule has 3 rings (SSSR count). The van der Waals surface area contributed by atoms with E-state index in [0.29, 0.717) is 22.7 Å². The van der Waals surface area contributed by atoms with Crippen molar-refractivity contribution < 1.29 is 27.5 Å². The Kier molecular flexibility index (Phi) is 7.49. The fraction of sp³-hybridized carbons (Fsp3) is 0.273. The van der Waals surface area contributed by atoms with E-state index in [2.05, 4.69) is 10.0 Å². The molecule has 0 bridgehead atoms. The molecular formula is C22H24N2O6S2. The van der Waals surface area contributed by atoms with E-state index in [0.717, 1.165) is 10.1 Å². The quantitative estimate of drug-likeness (QED) is 0.455. The molecule has 3 aromatic rings. The summed E-state index contributed by atoms with van der Waals surface area (Å²) in [5.41, 5.74) is 0.567. The fourth-order valence-electron chi connectivity index (χ4n) is 2.80. The van der Waals surface area contributed by atoms with Gasteiger partial charge < -0.3 is 14.8 Å². The molecule has 2 aromatic carbocycles. The summed E-state index contributed by atoms with van der Waals surface area (Å²) < 4.78 is 38.3. The molecule has 1 heterocycles. The van der Waals surface area contributed by atoms with Crippen LogP contribution in [0.1, 0.15) is 29.9 Å². The molecule has 170 valence electrons. The van der Waals surface area contributed by atoms with Crippen molar-refractivity contribution in [1.82, 2.24) is 4.72 Å². The summed E-state index contributed by atoms with van der Waals surface area (Å²) in [5.74, 6) is -0.402. The molecule has 0 aliphatic rings. The summed E-state index contributed by atoms with van der Waals surface area (Å²) in [6, 6.07) is 12.7. The number of nitrogens with one attached hydrogen (secondary N) is 2. The number of esters is 1. The van der Waals surface area contributed by atoms with Gasteiger partial charge in [0.1, 0.15) is 10.6 Å². The predicted octanol–water partition coefficient (Wildman–Crippen LogP) is 3.78. The Balaban J connectivity index is 1.58. The van der Waals surface area contributed by atoms with E-state index in [-0.39, 0.29) is 23.5 Å². The van der Waals surface area contributed by atoms with E-state index < -0.39 is 16.0 Å². The zero-order valence-electron chi connectivity index (χ0n) is 17.9. The summed E-state index contributed by atoms with van der Waals surface area (Å²) in [6.45, 7) is 3.45. The third-order valence-corrected chi connectivity index (χ3v) is 7.36. The van der Waals surface area contributed by atoms with Crippen LogP contribution in [0, 0.1) is 0 Å². The molecule has 0 spiro atoms. The van der Waals surface area contributed by atoms with Crippen LogP contribution in [-0.2, 0) is 19.6 Å². The van der Waals surface area contributed by atoms with Crippen LogP contribution in [0.15, 0.2) is 53.4 Å². The number of benzene rings is 2. The molecule has 1 amide bonds. The second-order valence-electron chi connectivity index (χ2n) is 7.09. The van der Waals surface area contributed by atoms with Crippen molar-refractivity contribution in [3.05, 3.63) is 53.4 Å². The van der Waals surface area contributed by atoms with Gasteiger partial charge in [-0.1, -0.05) is 6.92 Å². The maximum absolute atomic E-state index is 12.3. The molecule has 0 radical (unpaired) electrons. The van der Waals surface area contributed by atoms with Gasteiger partial charge in [-0.3, -0.25) is 4.79 Å². The normalized spacial score (nSPS) is 12.3. The number of carbonyl (C=O) groups excluding carboxylic acids is 2. The van der Waals surface area contributed by atoms with Gasteiger partial charge in [-0.2, -0.15) is 0 Å². The number of carbonyl (C=O) groups is 2. The van der Waals surface area contributed by atoms with E-state index in [1.54, 1.807) is 25.1 Å². The number of methoxy groups -OCH3 is 1. The van der Waals surface area contributed by atoms with Gasteiger partial charge in [0.15, 0.2) is 6.61 Å². The zero-order chi connectivity index (χ0) is 23.3. The fourth-order valence-corrected chi connectivity index (χ4v) is 5.09. The molecule has 1 atom stereocenters. The molecule has 1 unspecified atom stereocenters. The van der Waals surface area contributed by atoms with Crippen LogP contribution in [-0.4, -0.2) is 40.1 Å². The number of amides is 1. The highest BCUT2D eigenvalue weighted by Gasteiger charge is 2.16. The molecular weight excluding hydrogens is 452 g/mol. The van der Waals surface area contributed by atoms with Gasteiger partial charge >= 0.3 is 5.97 Å². The van der Waals surface area contributed by atoms with Crippen LogP contribution in [0.25, 0.3) is 10.1 Å². The van der Waals surface area contributed by atoms with Gasteiger partial charge in [-0.25, -0.2) is 17.9 Å². The second kappa shape index (κ2) is 10.1. The maximum Gasteiger partial charge on any atom is 0.348 e. The van der Waals surface area contributed by atoms with Crippen molar-refractivity contribution in [2.75, 3.05) is 19.0 Å². The lowest BCUT2D eigenvalue weighted by molar-refractivity contribution is -0.118. The Morgan fingerprint density at radius 2 is 1.81 bits per heavy atom. The predicted molar refractivity (Wildman–Crippen MR) is 124 cm³/mol. The first-order valence-electron chi connectivity index (χ1n) is 9.88. The lowest BCUT2D eigenvalue weighted by atomic mass is 10.2. The van der Waals surface area contributed by atoms with Crippen LogP contribution in [0.4, 0.5) is 5.69 Å². The standard InChI is InChI=1S/C22H24N2O6S2/c1-4-14(2)24-32(27,28)18-8-6-17(7-9-18)30-13-21(25)23-16-5-10-19-15(11-16)12-20(31-19)22(26)29-3/h5-12,14,24H,4,13H2,1-3H3,(H,23,25). The van der Waals surface area contributed by atoms with Gasteiger partial charge in [0.2, 0.25) is 10.0 Å². The number of thiophene rings is 1. The molecule has 10 heteroatoms. The molecule has 0 saturated carbocycles. The molecule has 0 aliphatic heterocycles. The SMILES string of the molecule is CCC(C)NS(=O)(=O)c1ccc(OCC(=O)Nc2ccc3sc(C(=O)OC)cc3c2)cc1. The first-order valence-corrected chi connectivity index (χ1v) is 12.2. The molecule has 1 aromatic heterocycles. The highest BCUT2D eigenvalue weighted by atomic mass is 32.2. The maximum atomic E-state index is 12.3. The monoisotopic (exact) mass is 476 g/mol. The average Bonchev–Trinajstić information content (AvgIpc) is 3.20. The minimum absolute atomic E-state index is 0.130. The van der Waals surface area contributed by atoms with Crippen LogP contribution < -0.4 is 14.8 Å². The van der Waals surface area contributed by atoms with Crippen molar-refractivity contribution in [3.63, 3.8) is 0 Å². The largest absolute Gasteiger partial charge is 0.484 e. The Morgan fingerprint density at radius 1 is 1.09 bits per heavy atom. The van der Waals surface area contributed by atoms with Crippen molar-refractivity contribution in [3.8, 4) is 5.75 Å². The Labute approximate surface area is 190 Å². The van der Waals surface area contributed by atoms with Gasteiger partial charge in [-0.05, 0) is 67.3 Å². The number of ether oxygens (including phenoxy) is 2. The number of rotatable bonds is 9. The van der Waals surface area contributed by atoms with Gasteiger partial charge in [0, 0.05) is 16.4 Å². The summed E-state index contributed by atoms with van der Waals surface area (Å²) in [4.78, 5) is 24.5. The number of sulfonamides is 1. The van der Waals surface area contributed by atoms with E-state index in [1.165, 1.54) is 42.7 Å². The van der Waals surface area contributed by atoms with E-state index >= 15 is 0 Å². The zero-order valence-corrected chi connectivity index (χ0v) is 19.5. The first kappa shape index (κ1) is 23.7. The van der Waals surface area contributed by atoms with E-state index in [9.17, 15) is 18.0 Å². The van der Waals surface area contributed by atoms with Crippen LogP contribution in [0.5, 0.6) is 5.75 Å². The molecule has 0 aliphatic carbocycles. The Morgan fingerprint density at radius 3 is 2.47 bits per heavy atom. The van der Waals surface area contributed by atoms with Gasteiger partial charge in [0.25, 0.3) is 5.91 Å². The minimum Gasteiger partial charge on any atom is -0.484 e. The third-order valence-electron chi connectivity index (χ3n) is 4.66. The number of anilines is 1. The molecule has 2 N–H and O–H groups in total. The lowest BCUT2D eigenvalue weighted by Gasteiger charge is -2.12. The van der Waals surface area contributed by atoms with Gasteiger partial charge in [0.05, 0.1) is 12.0 Å².